The van der Waals surface area contributed by atoms with Crippen molar-refractivity contribution in [2.24, 2.45) is 0 Å². The molecule has 25 rings (SSSR count). The third kappa shape index (κ3) is 23.5. The monoisotopic (exact) mass is 1810 g/mol. The third-order valence-electron chi connectivity index (χ3n) is 20.5. The molecule has 0 fully saturated rings. The lowest BCUT2D eigenvalue weighted by Crippen LogP contribution is -1.73. The van der Waals surface area contributed by atoms with Crippen molar-refractivity contribution in [3.8, 4) is 0 Å². The van der Waals surface area contributed by atoms with E-state index in [1.165, 1.54) is 196 Å². The molecule has 0 atom stereocenters. The molecule has 0 saturated carbocycles. The van der Waals surface area contributed by atoms with Crippen LogP contribution < -0.4 is 0 Å². The maximum atomic E-state index is 2.31. The number of thiophene rings is 6. The SMILES string of the molecule is CC.CC.CC.CC.CC.CC.CC.CC.CC.CC.CC.CC.c1ccc2c(c1)ccc1c3ccc4ccccc4c3sc21.c1ccc2c(c1)ccc1sc3ccccc3c12.c1ccc2c(c1)ccc1sc3ccccc3c12.c1ccc2cc3c(cc2c1)sc1ccccc13.c1ccc2cc3c(cc2c1)sc1ccccc13.c1ccc2cc3c(cc2c1)sc1ccccc13. The van der Waals surface area contributed by atoms with E-state index in [-0.39, 0.29) is 0 Å². The predicted molar refractivity (Wildman–Crippen MR) is 615 cm³/mol. The molecule has 19 aromatic carbocycles. The topological polar surface area (TPSA) is 0 Å². The molecule has 0 unspecified atom stereocenters. The number of hydrogen-bond donors (Lipinski definition) is 0. The van der Waals surface area contributed by atoms with E-state index >= 15 is 0 Å². The van der Waals surface area contributed by atoms with E-state index in [2.05, 4.69) is 376 Å². The molecule has 0 aliphatic rings. The van der Waals surface area contributed by atoms with Crippen LogP contribution in [0, 0.1) is 0 Å². The van der Waals surface area contributed by atoms with E-state index in [0.717, 1.165) is 0 Å². The molecule has 0 amide bonds. The molecular formula is C124H134S6. The lowest BCUT2D eigenvalue weighted by molar-refractivity contribution is 1.50. The summed E-state index contributed by atoms with van der Waals surface area (Å²) in [6.45, 7) is 48.0. The van der Waals surface area contributed by atoms with Gasteiger partial charge in [-0.3, -0.25) is 0 Å². The molecular weight excluding hydrogens is 1680 g/mol. The summed E-state index contributed by atoms with van der Waals surface area (Å²) in [7, 11) is 0. The van der Waals surface area contributed by atoms with Crippen LogP contribution in [-0.4, -0.2) is 0 Å². The van der Waals surface area contributed by atoms with Gasteiger partial charge in [0.15, 0.2) is 0 Å². The fourth-order valence-electron chi connectivity index (χ4n) is 15.5. The Labute approximate surface area is 799 Å². The Kier molecular flexibility index (Phi) is 43.6. The highest BCUT2D eigenvalue weighted by Gasteiger charge is 2.14. The quantitative estimate of drug-likeness (QED) is 0.142. The highest BCUT2D eigenvalue weighted by atomic mass is 32.1. The molecule has 6 heterocycles. The fraction of sp³-hybridized carbons (Fsp3) is 0.194. The highest BCUT2D eigenvalue weighted by molar-refractivity contribution is 7.28. The summed E-state index contributed by atoms with van der Waals surface area (Å²) in [5, 5.41) is 35.3. The van der Waals surface area contributed by atoms with Crippen molar-refractivity contribution in [1.82, 2.24) is 0 Å². The molecule has 0 nitrogen and oxygen atoms in total. The standard InChI is InChI=1S/C20H12S.5C16H10S.12C2H6/c1-3-7-15-13(5-1)9-11-17-18-12-10-14-6-2-4-8-16(14)20(18)21-19(15)17;3*1-2-6-12-10-16-14(9-11(12)5-1)13-7-3-4-8-15(13)17-16;2*1-2-6-12-11(5-1)9-10-15-16(12)13-7-3-4-8-14(13)17-15;12*1-2/h1-12H;5*1-10H;12*1-2H3. The molecule has 0 saturated heterocycles. The Morgan fingerprint density at radius 3 is 0.562 bits per heavy atom. The summed E-state index contributed by atoms with van der Waals surface area (Å²) in [5.41, 5.74) is 0. The lowest BCUT2D eigenvalue weighted by Gasteiger charge is -1.99. The van der Waals surface area contributed by atoms with Crippen molar-refractivity contribution in [2.45, 2.75) is 166 Å². The van der Waals surface area contributed by atoms with Crippen LogP contribution >= 0.6 is 68.0 Å². The minimum absolute atomic E-state index is 1.32. The van der Waals surface area contributed by atoms with E-state index in [1.54, 1.807) is 0 Å². The maximum Gasteiger partial charge on any atom is 0.0434 e. The largest absolute Gasteiger partial charge is 0.135 e. The molecule has 666 valence electrons. The van der Waals surface area contributed by atoms with Crippen molar-refractivity contribution in [1.29, 1.82) is 0 Å². The zero-order chi connectivity index (χ0) is 94.0. The zero-order valence-electron chi connectivity index (χ0n) is 81.2. The van der Waals surface area contributed by atoms with Crippen LogP contribution in [0.4, 0.5) is 0 Å². The minimum atomic E-state index is 1.32. The Morgan fingerprint density at radius 2 is 0.292 bits per heavy atom. The molecule has 130 heavy (non-hydrogen) atoms. The van der Waals surface area contributed by atoms with Gasteiger partial charge in [0, 0.05) is 121 Å². The maximum absolute atomic E-state index is 2.31. The number of hydrogen-bond acceptors (Lipinski definition) is 6. The normalized spacial score (nSPS) is 10.0. The average molecular weight is 1820 g/mol. The van der Waals surface area contributed by atoms with E-state index in [0.29, 0.717) is 0 Å². The van der Waals surface area contributed by atoms with Gasteiger partial charge in [0.1, 0.15) is 0 Å². The Bertz CT molecular complexity index is 7050. The van der Waals surface area contributed by atoms with Gasteiger partial charge in [0.05, 0.1) is 0 Å². The van der Waals surface area contributed by atoms with Gasteiger partial charge in [-0.05, 0) is 154 Å². The van der Waals surface area contributed by atoms with Crippen LogP contribution in [0.25, 0.3) is 196 Å². The molecule has 6 aromatic heterocycles. The van der Waals surface area contributed by atoms with Crippen LogP contribution in [0.1, 0.15) is 166 Å². The smallest absolute Gasteiger partial charge is 0.0434 e. The van der Waals surface area contributed by atoms with E-state index in [1.807, 2.05) is 234 Å². The van der Waals surface area contributed by atoms with Crippen molar-refractivity contribution >= 4 is 264 Å². The summed E-state index contributed by atoms with van der Waals surface area (Å²) < 4.78 is 16.6. The van der Waals surface area contributed by atoms with Gasteiger partial charge in [-0.25, -0.2) is 0 Å². The van der Waals surface area contributed by atoms with E-state index < -0.39 is 0 Å². The molecule has 0 aliphatic heterocycles. The summed E-state index contributed by atoms with van der Waals surface area (Å²) in [4.78, 5) is 0. The van der Waals surface area contributed by atoms with E-state index in [9.17, 15) is 0 Å². The minimum Gasteiger partial charge on any atom is -0.135 e. The predicted octanol–water partition coefficient (Wildman–Crippen LogP) is 44.7. The van der Waals surface area contributed by atoms with Gasteiger partial charge in [-0.2, -0.15) is 0 Å². The van der Waals surface area contributed by atoms with E-state index in [4.69, 9.17) is 0 Å². The Hall–Kier alpha value is -11.7. The second-order valence-corrected chi connectivity index (χ2v) is 33.3. The van der Waals surface area contributed by atoms with Gasteiger partial charge in [0.25, 0.3) is 0 Å². The summed E-state index contributed by atoms with van der Waals surface area (Å²) in [6, 6.07) is 135. The van der Waals surface area contributed by atoms with Crippen LogP contribution in [-0.2, 0) is 0 Å². The number of fused-ring (bicyclic) bond motifs is 29. The molecule has 0 radical (unpaired) electrons. The van der Waals surface area contributed by atoms with Crippen LogP contribution in [0.3, 0.4) is 0 Å². The summed E-state index contributed by atoms with van der Waals surface area (Å²) in [5.74, 6) is 0. The van der Waals surface area contributed by atoms with Gasteiger partial charge >= 0.3 is 0 Å². The van der Waals surface area contributed by atoms with Gasteiger partial charge < -0.3 is 0 Å². The first-order chi connectivity index (χ1) is 64.5. The number of rotatable bonds is 0. The molecule has 0 spiro atoms. The van der Waals surface area contributed by atoms with Gasteiger partial charge in [-0.15, -0.1) is 68.0 Å². The molecule has 0 aliphatic carbocycles. The number of benzene rings is 19. The second-order valence-electron chi connectivity index (χ2n) is 26.8. The van der Waals surface area contributed by atoms with Crippen molar-refractivity contribution in [2.75, 3.05) is 0 Å². The van der Waals surface area contributed by atoms with Crippen LogP contribution in [0.5, 0.6) is 0 Å². The Balaban J connectivity index is 0.000000184. The first-order valence-corrected chi connectivity index (χ1v) is 52.6. The molecule has 0 bridgehead atoms. The van der Waals surface area contributed by atoms with Crippen molar-refractivity contribution in [3.05, 3.63) is 376 Å². The lowest BCUT2D eigenvalue weighted by atomic mass is 10.0. The van der Waals surface area contributed by atoms with Gasteiger partial charge in [0.2, 0.25) is 0 Å². The first-order valence-electron chi connectivity index (χ1n) is 47.7. The fourth-order valence-corrected chi connectivity index (χ4v) is 22.5. The third-order valence-corrected chi connectivity index (χ3v) is 27.5. The van der Waals surface area contributed by atoms with Crippen molar-refractivity contribution < 1.29 is 0 Å². The Morgan fingerprint density at radius 1 is 0.108 bits per heavy atom. The first kappa shape index (κ1) is 104. The molecule has 6 heteroatoms. The van der Waals surface area contributed by atoms with Crippen molar-refractivity contribution in [3.63, 3.8) is 0 Å². The highest BCUT2D eigenvalue weighted by Crippen LogP contribution is 2.45. The van der Waals surface area contributed by atoms with Crippen LogP contribution in [0.2, 0.25) is 0 Å². The summed E-state index contributed by atoms with van der Waals surface area (Å²) in [6.07, 6.45) is 0. The molecule has 25 aromatic rings. The molecule has 0 N–H and O–H groups in total. The van der Waals surface area contributed by atoms with Gasteiger partial charge in [-0.1, -0.05) is 463 Å². The average Bonchev–Trinajstić information content (AvgIpc) is 1.59. The summed E-state index contributed by atoms with van der Waals surface area (Å²) >= 11 is 11.3. The zero-order valence-corrected chi connectivity index (χ0v) is 86.1. The van der Waals surface area contributed by atoms with Crippen LogP contribution in [0.15, 0.2) is 376 Å². The second kappa shape index (κ2) is 54.7.